The van der Waals surface area contributed by atoms with E-state index < -0.39 is 11.4 Å². The van der Waals surface area contributed by atoms with Crippen LogP contribution in [0, 0.1) is 0 Å². The highest BCUT2D eigenvalue weighted by molar-refractivity contribution is 7.74. The van der Waals surface area contributed by atoms with Crippen molar-refractivity contribution < 1.29 is 12.9 Å². The maximum atomic E-state index is 10.1. The maximum absolute atomic E-state index is 10.1. The zero-order valence-electron chi connectivity index (χ0n) is 7.10. The molecule has 0 N–H and O–H groups in total. The van der Waals surface area contributed by atoms with E-state index in [0.717, 1.165) is 11.1 Å². The van der Waals surface area contributed by atoms with Crippen LogP contribution in [0.4, 0.5) is 0 Å². The molecule has 0 aliphatic rings. The summed E-state index contributed by atoms with van der Waals surface area (Å²) < 4.78 is 24.4. The van der Waals surface area contributed by atoms with Gasteiger partial charge in [-0.15, -0.1) is 0 Å². The maximum Gasteiger partial charge on any atom is 0.138 e. The normalized spacial score (nSPS) is 13.8. The van der Waals surface area contributed by atoms with E-state index in [2.05, 4.69) is 4.18 Å². The molecule has 13 heavy (non-hydrogen) atoms. The molecule has 0 bridgehead atoms. The van der Waals surface area contributed by atoms with E-state index in [4.69, 9.17) is 0 Å². The lowest BCUT2D eigenvalue weighted by molar-refractivity contribution is 0.406. The molecule has 0 radical (unpaired) electrons. The van der Waals surface area contributed by atoms with E-state index in [1.54, 1.807) is 6.92 Å². The zero-order valence-corrected chi connectivity index (χ0v) is 7.91. The van der Waals surface area contributed by atoms with Gasteiger partial charge in [-0.3, -0.25) is 0 Å². The van der Waals surface area contributed by atoms with Crippen LogP contribution in [0.15, 0.2) is 36.6 Å². The average Bonchev–Trinajstić information content (AvgIpc) is 2.15. The molecule has 1 aromatic carbocycles. The molecule has 0 spiro atoms. The van der Waals surface area contributed by atoms with Crippen molar-refractivity contribution in [2.75, 3.05) is 0 Å². The molecule has 3 nitrogen and oxygen atoms in total. The standard InChI is InChI=1S/C9H10O3S/c1-8(7-12-13(10)11)9-5-3-2-4-6-9/h2-7H,1H3,(H,10,11)/p-1. The molecular weight excluding hydrogens is 188 g/mol. The Labute approximate surface area is 79.5 Å². The predicted molar refractivity (Wildman–Crippen MR) is 50.1 cm³/mol. The Morgan fingerprint density at radius 3 is 2.62 bits per heavy atom. The molecule has 0 fully saturated rings. The van der Waals surface area contributed by atoms with Crippen LogP contribution in [0.5, 0.6) is 0 Å². The van der Waals surface area contributed by atoms with E-state index >= 15 is 0 Å². The third-order valence-corrected chi connectivity index (χ3v) is 1.79. The quantitative estimate of drug-likeness (QED) is 0.549. The van der Waals surface area contributed by atoms with Crippen LogP contribution in [0.3, 0.4) is 0 Å². The number of benzene rings is 1. The van der Waals surface area contributed by atoms with E-state index in [-0.39, 0.29) is 0 Å². The molecule has 0 heterocycles. The van der Waals surface area contributed by atoms with Crippen LogP contribution < -0.4 is 0 Å². The van der Waals surface area contributed by atoms with E-state index in [1.165, 1.54) is 6.26 Å². The summed E-state index contributed by atoms with van der Waals surface area (Å²) in [4.78, 5) is 0. The monoisotopic (exact) mass is 197 g/mol. The molecule has 1 atom stereocenters. The average molecular weight is 197 g/mol. The van der Waals surface area contributed by atoms with Gasteiger partial charge < -0.3 is 8.74 Å². The van der Waals surface area contributed by atoms with Gasteiger partial charge in [0.2, 0.25) is 0 Å². The van der Waals surface area contributed by atoms with Gasteiger partial charge in [-0.1, -0.05) is 30.3 Å². The topological polar surface area (TPSA) is 49.4 Å². The van der Waals surface area contributed by atoms with Crippen molar-refractivity contribution in [1.29, 1.82) is 0 Å². The fourth-order valence-corrected chi connectivity index (χ4v) is 1.10. The van der Waals surface area contributed by atoms with Crippen LogP contribution in [0.1, 0.15) is 12.5 Å². The van der Waals surface area contributed by atoms with Gasteiger partial charge in [-0.05, 0) is 18.1 Å². The first-order valence-corrected chi connectivity index (χ1v) is 4.69. The lowest BCUT2D eigenvalue weighted by atomic mass is 10.1. The van der Waals surface area contributed by atoms with Crippen molar-refractivity contribution in [3.8, 4) is 0 Å². The number of rotatable bonds is 3. The Kier molecular flexibility index (Phi) is 3.67. The third-order valence-electron chi connectivity index (χ3n) is 1.53. The van der Waals surface area contributed by atoms with Crippen molar-refractivity contribution in [3.63, 3.8) is 0 Å². The van der Waals surface area contributed by atoms with Crippen LogP contribution in [0.25, 0.3) is 5.57 Å². The highest BCUT2D eigenvalue weighted by atomic mass is 32.2. The Balaban J connectivity index is 2.73. The van der Waals surface area contributed by atoms with Crippen molar-refractivity contribution in [2.45, 2.75) is 6.92 Å². The van der Waals surface area contributed by atoms with E-state index in [0.29, 0.717) is 0 Å². The van der Waals surface area contributed by atoms with Gasteiger partial charge in [0.1, 0.15) is 17.6 Å². The molecule has 1 aromatic rings. The summed E-state index contributed by atoms with van der Waals surface area (Å²) in [6.07, 6.45) is 1.21. The fraction of sp³-hybridized carbons (Fsp3) is 0.111. The second-order valence-corrected chi connectivity index (χ2v) is 3.07. The van der Waals surface area contributed by atoms with E-state index in [1.807, 2.05) is 30.3 Å². The second-order valence-electron chi connectivity index (χ2n) is 2.47. The molecule has 1 unspecified atom stereocenters. The Morgan fingerprint density at radius 1 is 1.46 bits per heavy atom. The van der Waals surface area contributed by atoms with Crippen molar-refractivity contribution >= 4 is 16.9 Å². The number of hydrogen-bond acceptors (Lipinski definition) is 3. The lowest BCUT2D eigenvalue weighted by Crippen LogP contribution is -1.88. The summed E-state index contributed by atoms with van der Waals surface area (Å²) in [6, 6.07) is 9.40. The first-order chi connectivity index (χ1) is 6.20. The Bertz CT molecular complexity index is 319. The molecule has 0 aromatic heterocycles. The molecule has 4 heteroatoms. The second kappa shape index (κ2) is 4.79. The van der Waals surface area contributed by atoms with Crippen molar-refractivity contribution in [3.05, 3.63) is 42.2 Å². The minimum absolute atomic E-state index is 0.768. The zero-order chi connectivity index (χ0) is 9.68. The fourth-order valence-electron chi connectivity index (χ4n) is 0.881. The van der Waals surface area contributed by atoms with Crippen LogP contribution in [0.2, 0.25) is 0 Å². The molecule has 1 rings (SSSR count). The largest absolute Gasteiger partial charge is 0.740 e. The Hall–Kier alpha value is -1.13. The molecule has 0 saturated carbocycles. The highest BCUT2D eigenvalue weighted by Gasteiger charge is 1.93. The minimum atomic E-state index is -2.49. The molecular formula is C9H9O3S-. The van der Waals surface area contributed by atoms with Gasteiger partial charge in [-0.25, -0.2) is 4.21 Å². The van der Waals surface area contributed by atoms with Gasteiger partial charge in [0.25, 0.3) is 0 Å². The molecule has 0 aliphatic carbocycles. The first kappa shape index (κ1) is 9.95. The van der Waals surface area contributed by atoms with E-state index in [9.17, 15) is 8.76 Å². The van der Waals surface area contributed by atoms with Crippen molar-refractivity contribution in [2.24, 2.45) is 0 Å². The summed E-state index contributed by atoms with van der Waals surface area (Å²) in [5.74, 6) is 0. The summed E-state index contributed by atoms with van der Waals surface area (Å²) in [6.45, 7) is 1.78. The summed E-state index contributed by atoms with van der Waals surface area (Å²) in [5, 5.41) is 0. The van der Waals surface area contributed by atoms with Gasteiger partial charge in [0, 0.05) is 0 Å². The van der Waals surface area contributed by atoms with Gasteiger partial charge in [-0.2, -0.15) is 0 Å². The number of hydrogen-bond donors (Lipinski definition) is 0. The van der Waals surface area contributed by atoms with Crippen LogP contribution in [-0.4, -0.2) is 8.76 Å². The molecule has 0 saturated heterocycles. The Morgan fingerprint density at radius 2 is 2.08 bits per heavy atom. The van der Waals surface area contributed by atoms with Crippen LogP contribution >= 0.6 is 0 Å². The summed E-state index contributed by atoms with van der Waals surface area (Å²) in [7, 11) is 0. The van der Waals surface area contributed by atoms with Crippen LogP contribution in [-0.2, 0) is 15.5 Å². The van der Waals surface area contributed by atoms with Gasteiger partial charge in [0.05, 0.1) is 0 Å². The molecule has 70 valence electrons. The first-order valence-electron chi connectivity index (χ1n) is 3.69. The molecule has 0 amide bonds. The lowest BCUT2D eigenvalue weighted by Gasteiger charge is -2.04. The van der Waals surface area contributed by atoms with Crippen molar-refractivity contribution in [1.82, 2.24) is 0 Å². The van der Waals surface area contributed by atoms with Gasteiger partial charge in [0.15, 0.2) is 0 Å². The predicted octanol–water partition coefficient (Wildman–Crippen LogP) is 1.86. The molecule has 0 aliphatic heterocycles. The number of allylic oxidation sites excluding steroid dienone is 1. The summed E-state index contributed by atoms with van der Waals surface area (Å²) >= 11 is -2.49. The smallest absolute Gasteiger partial charge is 0.138 e. The minimum Gasteiger partial charge on any atom is -0.740 e. The SMILES string of the molecule is CC(=COS(=O)[O-])c1ccccc1. The highest BCUT2D eigenvalue weighted by Crippen LogP contribution is 2.12. The summed E-state index contributed by atoms with van der Waals surface area (Å²) in [5.41, 5.74) is 1.71. The third kappa shape index (κ3) is 3.40. The van der Waals surface area contributed by atoms with Gasteiger partial charge >= 0.3 is 0 Å².